The number of hydrogen-bond acceptors (Lipinski definition) is 7. The largest absolute Gasteiger partial charge is 0.497 e. The summed E-state index contributed by atoms with van der Waals surface area (Å²) in [6.45, 7) is 6.11. The van der Waals surface area contributed by atoms with Crippen molar-refractivity contribution in [1.82, 2.24) is 14.9 Å². The van der Waals surface area contributed by atoms with Gasteiger partial charge in [-0.1, -0.05) is 6.07 Å². The predicted octanol–water partition coefficient (Wildman–Crippen LogP) is 3.93. The van der Waals surface area contributed by atoms with Crippen LogP contribution < -0.4 is 25.6 Å². The average Bonchev–Trinajstić information content (AvgIpc) is 2.82. The van der Waals surface area contributed by atoms with Gasteiger partial charge in [-0.2, -0.15) is 0 Å². The molecule has 0 saturated carbocycles. The monoisotopic (exact) mass is 447 g/mol. The lowest BCUT2D eigenvalue weighted by atomic mass is 10.2. The van der Waals surface area contributed by atoms with E-state index >= 15 is 0 Å². The summed E-state index contributed by atoms with van der Waals surface area (Å²) in [5.41, 5.74) is 3.72. The molecule has 1 aliphatic rings. The lowest BCUT2D eigenvalue weighted by Gasteiger charge is -2.34. The number of likely N-dealkylation sites (N-methyl/N-ethyl adjacent to an activating group) is 1. The third kappa shape index (κ3) is 5.89. The number of carbonyl (C=O) groups is 1. The highest BCUT2D eigenvalue weighted by Crippen LogP contribution is 2.23. The molecule has 0 unspecified atom stereocenters. The molecule has 33 heavy (non-hydrogen) atoms. The highest BCUT2D eigenvalue weighted by molar-refractivity contribution is 5.99. The van der Waals surface area contributed by atoms with Crippen LogP contribution in [0.1, 0.15) is 5.56 Å². The second-order valence-corrected chi connectivity index (χ2v) is 8.01. The fourth-order valence-electron chi connectivity index (χ4n) is 3.59. The molecule has 2 aromatic carbocycles. The third-order valence-electron chi connectivity index (χ3n) is 5.61. The van der Waals surface area contributed by atoms with E-state index in [1.807, 2.05) is 31.2 Å². The summed E-state index contributed by atoms with van der Waals surface area (Å²) in [7, 11) is 3.74. The van der Waals surface area contributed by atoms with E-state index < -0.39 is 6.03 Å². The van der Waals surface area contributed by atoms with Crippen molar-refractivity contribution in [3.05, 3.63) is 60.4 Å². The lowest BCUT2D eigenvalue weighted by Crippen LogP contribution is -2.44. The number of aromatic nitrogens is 2. The third-order valence-corrected chi connectivity index (χ3v) is 5.61. The van der Waals surface area contributed by atoms with Crippen molar-refractivity contribution >= 4 is 34.7 Å². The Hall–Kier alpha value is -3.85. The normalized spacial score (nSPS) is 14.0. The van der Waals surface area contributed by atoms with Crippen LogP contribution in [0.15, 0.2) is 54.9 Å². The molecular formula is C24H29N7O2. The molecule has 2 amide bonds. The van der Waals surface area contributed by atoms with Crippen LogP contribution >= 0.6 is 0 Å². The van der Waals surface area contributed by atoms with Gasteiger partial charge in [0.05, 0.1) is 7.11 Å². The van der Waals surface area contributed by atoms with E-state index in [-0.39, 0.29) is 0 Å². The maximum atomic E-state index is 12.5. The van der Waals surface area contributed by atoms with E-state index in [2.05, 4.69) is 54.9 Å². The van der Waals surface area contributed by atoms with Gasteiger partial charge in [0.15, 0.2) is 0 Å². The number of benzene rings is 2. The van der Waals surface area contributed by atoms with Crippen molar-refractivity contribution in [2.45, 2.75) is 6.92 Å². The summed E-state index contributed by atoms with van der Waals surface area (Å²) in [6, 6.07) is 15.1. The molecule has 172 valence electrons. The van der Waals surface area contributed by atoms with Crippen LogP contribution in [0.25, 0.3) is 0 Å². The Morgan fingerprint density at radius 1 is 0.939 bits per heavy atom. The van der Waals surface area contributed by atoms with Crippen LogP contribution in [0.5, 0.6) is 5.75 Å². The zero-order valence-corrected chi connectivity index (χ0v) is 19.1. The van der Waals surface area contributed by atoms with Gasteiger partial charge in [-0.25, -0.2) is 14.8 Å². The molecule has 1 fully saturated rings. The number of aryl methyl sites for hydroxylation is 1. The standard InChI is InChI=1S/C24H29N7O2/c1-17-4-9-20(33-3)14-21(17)28-24(32)29-23-15-22(25-16-26-23)27-18-5-7-19(8-6-18)31-12-10-30(2)11-13-31/h4-9,14-16H,10-13H2,1-3H3,(H3,25,26,27,28,29,32). The van der Waals surface area contributed by atoms with Crippen molar-refractivity contribution in [3.8, 4) is 5.75 Å². The number of rotatable bonds is 6. The maximum Gasteiger partial charge on any atom is 0.324 e. The van der Waals surface area contributed by atoms with Crippen LogP contribution in [0.3, 0.4) is 0 Å². The maximum absolute atomic E-state index is 12.5. The van der Waals surface area contributed by atoms with Crippen molar-refractivity contribution in [1.29, 1.82) is 0 Å². The van der Waals surface area contributed by atoms with Crippen LogP contribution in [0, 0.1) is 6.92 Å². The van der Waals surface area contributed by atoms with Crippen LogP contribution in [-0.2, 0) is 0 Å². The molecule has 3 aromatic rings. The van der Waals surface area contributed by atoms with Gasteiger partial charge in [0.1, 0.15) is 23.7 Å². The van der Waals surface area contributed by atoms with Gasteiger partial charge in [0, 0.05) is 55.4 Å². The number of urea groups is 1. The van der Waals surface area contributed by atoms with Crippen LogP contribution in [0.2, 0.25) is 0 Å². The molecule has 1 aromatic heterocycles. The van der Waals surface area contributed by atoms with Crippen molar-refractivity contribution < 1.29 is 9.53 Å². The first kappa shape index (κ1) is 22.3. The number of carbonyl (C=O) groups excluding carboxylic acids is 1. The minimum atomic E-state index is -0.396. The zero-order valence-electron chi connectivity index (χ0n) is 19.1. The molecule has 2 heterocycles. The number of nitrogens with zero attached hydrogens (tertiary/aromatic N) is 4. The Labute approximate surface area is 193 Å². The first-order chi connectivity index (χ1) is 16.0. The van der Waals surface area contributed by atoms with Gasteiger partial charge < -0.3 is 25.2 Å². The Bertz CT molecular complexity index is 1100. The smallest absolute Gasteiger partial charge is 0.324 e. The predicted molar refractivity (Wildman–Crippen MR) is 132 cm³/mol. The molecule has 9 heteroatoms. The highest BCUT2D eigenvalue weighted by Gasteiger charge is 2.14. The first-order valence-corrected chi connectivity index (χ1v) is 10.9. The van der Waals surface area contributed by atoms with Gasteiger partial charge in [-0.15, -0.1) is 0 Å². The Morgan fingerprint density at radius 3 is 2.39 bits per heavy atom. The second-order valence-electron chi connectivity index (χ2n) is 8.01. The highest BCUT2D eigenvalue weighted by atomic mass is 16.5. The molecule has 0 radical (unpaired) electrons. The average molecular weight is 448 g/mol. The summed E-state index contributed by atoms with van der Waals surface area (Å²) in [4.78, 5) is 25.6. The van der Waals surface area contributed by atoms with Crippen molar-refractivity contribution in [2.75, 3.05) is 61.2 Å². The number of anilines is 5. The summed E-state index contributed by atoms with van der Waals surface area (Å²) in [5, 5.41) is 8.83. The van der Waals surface area contributed by atoms with Gasteiger partial charge in [0.2, 0.25) is 0 Å². The van der Waals surface area contributed by atoms with E-state index in [4.69, 9.17) is 4.74 Å². The van der Waals surface area contributed by atoms with E-state index in [9.17, 15) is 4.79 Å². The van der Waals surface area contributed by atoms with E-state index in [1.165, 1.54) is 12.0 Å². The first-order valence-electron chi connectivity index (χ1n) is 10.9. The lowest BCUT2D eigenvalue weighted by molar-refractivity contribution is 0.262. The molecular weight excluding hydrogens is 418 g/mol. The number of methoxy groups -OCH3 is 1. The minimum absolute atomic E-state index is 0.389. The summed E-state index contributed by atoms with van der Waals surface area (Å²) >= 11 is 0. The minimum Gasteiger partial charge on any atom is -0.497 e. The second kappa shape index (κ2) is 10.2. The number of hydrogen-bond donors (Lipinski definition) is 3. The molecule has 0 aliphatic carbocycles. The molecule has 9 nitrogen and oxygen atoms in total. The van der Waals surface area contributed by atoms with Gasteiger partial charge in [0.25, 0.3) is 0 Å². The van der Waals surface area contributed by atoms with E-state index in [1.54, 1.807) is 19.2 Å². The summed E-state index contributed by atoms with van der Waals surface area (Å²) < 4.78 is 5.22. The molecule has 4 rings (SSSR count). The number of piperazine rings is 1. The number of nitrogens with one attached hydrogen (secondary N) is 3. The fraction of sp³-hybridized carbons (Fsp3) is 0.292. The SMILES string of the molecule is COc1ccc(C)c(NC(=O)Nc2cc(Nc3ccc(N4CCN(C)CC4)cc3)ncn2)c1. The molecule has 3 N–H and O–H groups in total. The van der Waals surface area contributed by atoms with Crippen LogP contribution in [-0.4, -0.2) is 61.2 Å². The molecule has 1 aliphatic heterocycles. The topological polar surface area (TPSA) is 94.6 Å². The van der Waals surface area contributed by atoms with Gasteiger partial charge in [-0.3, -0.25) is 5.32 Å². The van der Waals surface area contributed by atoms with Crippen molar-refractivity contribution in [3.63, 3.8) is 0 Å². The van der Waals surface area contributed by atoms with Gasteiger partial charge >= 0.3 is 6.03 Å². The molecule has 0 bridgehead atoms. The molecule has 0 spiro atoms. The van der Waals surface area contributed by atoms with Crippen molar-refractivity contribution in [2.24, 2.45) is 0 Å². The Morgan fingerprint density at radius 2 is 1.67 bits per heavy atom. The van der Waals surface area contributed by atoms with E-state index in [0.717, 1.165) is 37.4 Å². The summed E-state index contributed by atoms with van der Waals surface area (Å²) in [6.07, 6.45) is 1.41. The molecule has 0 atom stereocenters. The quantitative estimate of drug-likeness (QED) is 0.527. The fourth-order valence-corrected chi connectivity index (χ4v) is 3.59. The molecule has 1 saturated heterocycles. The Kier molecular flexibility index (Phi) is 6.89. The Balaban J connectivity index is 1.36. The number of ether oxygens (including phenoxy) is 1. The van der Waals surface area contributed by atoms with Crippen LogP contribution in [0.4, 0.5) is 33.5 Å². The van der Waals surface area contributed by atoms with Gasteiger partial charge in [-0.05, 0) is 49.9 Å². The zero-order chi connectivity index (χ0) is 23.2. The van der Waals surface area contributed by atoms with E-state index in [0.29, 0.717) is 23.1 Å². The summed E-state index contributed by atoms with van der Waals surface area (Å²) in [5.74, 6) is 1.65. The number of amides is 2.